The third kappa shape index (κ3) is 5.65. The molecule has 0 radical (unpaired) electrons. The van der Waals surface area contributed by atoms with Gasteiger partial charge in [-0.2, -0.15) is 0 Å². The number of methoxy groups -OCH3 is 1. The van der Waals surface area contributed by atoms with Crippen molar-refractivity contribution in [2.45, 2.75) is 6.42 Å². The molecule has 3 N–H and O–H groups in total. The van der Waals surface area contributed by atoms with E-state index < -0.39 is 0 Å². The van der Waals surface area contributed by atoms with E-state index in [1.54, 1.807) is 6.08 Å². The second-order valence-corrected chi connectivity index (χ2v) is 2.89. The van der Waals surface area contributed by atoms with Gasteiger partial charge in [0.2, 0.25) is 5.90 Å². The van der Waals surface area contributed by atoms with Crippen LogP contribution >= 0.6 is 15.9 Å². The van der Waals surface area contributed by atoms with Crippen molar-refractivity contribution >= 4 is 21.8 Å². The Kier molecular flexibility index (Phi) is 7.73. The van der Waals surface area contributed by atoms with Gasteiger partial charge in [-0.25, -0.2) is 0 Å². The van der Waals surface area contributed by atoms with Crippen LogP contribution in [0.15, 0.2) is 11.8 Å². The highest BCUT2D eigenvalue weighted by Gasteiger charge is 2.05. The summed E-state index contributed by atoms with van der Waals surface area (Å²) >= 11 is 3.22. The van der Waals surface area contributed by atoms with Gasteiger partial charge in [0.25, 0.3) is 0 Å². The molecule has 0 atom stereocenters. The zero-order chi connectivity index (χ0) is 10.1. The summed E-state index contributed by atoms with van der Waals surface area (Å²) in [7, 11) is 1.44. The number of ether oxygens (including phenoxy) is 2. The summed E-state index contributed by atoms with van der Waals surface area (Å²) < 4.78 is 10.0. The Labute approximate surface area is 86.7 Å². The first-order valence-electron chi connectivity index (χ1n) is 3.98. The molecule has 0 fully saturated rings. The lowest BCUT2D eigenvalue weighted by Crippen LogP contribution is -2.11. The fourth-order valence-corrected chi connectivity index (χ4v) is 0.947. The Balaban J connectivity index is 3.96. The van der Waals surface area contributed by atoms with Gasteiger partial charge < -0.3 is 15.2 Å². The maximum atomic E-state index is 7.37. The lowest BCUT2D eigenvalue weighted by atomic mass is 10.4. The van der Waals surface area contributed by atoms with Crippen molar-refractivity contribution in [1.82, 2.24) is 0 Å². The fourth-order valence-electron chi connectivity index (χ4n) is 0.653. The van der Waals surface area contributed by atoms with Gasteiger partial charge in [0.1, 0.15) is 0 Å². The summed E-state index contributed by atoms with van der Waals surface area (Å²) in [5.41, 5.74) is 5.30. The lowest BCUT2D eigenvalue weighted by Gasteiger charge is -2.09. The molecule has 0 spiro atoms. The summed E-state index contributed by atoms with van der Waals surface area (Å²) in [5.74, 6) is 0.490. The zero-order valence-corrected chi connectivity index (χ0v) is 9.26. The molecule has 0 amide bonds. The first-order valence-corrected chi connectivity index (χ1v) is 5.10. The Morgan fingerprint density at radius 3 is 2.77 bits per heavy atom. The number of hydrogen-bond acceptors (Lipinski definition) is 4. The minimum atomic E-state index is 0.0384. The molecule has 76 valence electrons. The Bertz CT molecular complexity index is 183. The van der Waals surface area contributed by atoms with Crippen LogP contribution in [0, 0.1) is 5.41 Å². The summed E-state index contributed by atoms with van der Waals surface area (Å²) in [5, 5.41) is 8.00. The van der Waals surface area contributed by atoms with Crippen molar-refractivity contribution in [3.8, 4) is 0 Å². The highest BCUT2D eigenvalue weighted by molar-refractivity contribution is 9.09. The number of hydrogen-bond donors (Lipinski definition) is 2. The van der Waals surface area contributed by atoms with Crippen LogP contribution < -0.4 is 5.73 Å². The van der Waals surface area contributed by atoms with Crippen LogP contribution in [0.1, 0.15) is 6.42 Å². The molecular formula is C8H15BrN2O2. The highest BCUT2D eigenvalue weighted by atomic mass is 79.9. The predicted molar refractivity (Wildman–Crippen MR) is 56.2 cm³/mol. The molecule has 0 saturated carbocycles. The number of alkyl halides is 1. The molecule has 0 rings (SSSR count). The third-order valence-electron chi connectivity index (χ3n) is 1.30. The standard InChI is InChI=1S/C8H15BrN2O2/c1-12-8(11)7(3-4-9)13-6-2-5-10/h3,11H,2,4-6,10H2,1H3/b7-3+,11-8?. The Morgan fingerprint density at radius 2 is 2.31 bits per heavy atom. The van der Waals surface area contributed by atoms with Crippen LogP contribution in [0.2, 0.25) is 0 Å². The predicted octanol–water partition coefficient (Wildman–Crippen LogP) is 1.25. The Morgan fingerprint density at radius 1 is 1.62 bits per heavy atom. The molecule has 0 heterocycles. The van der Waals surface area contributed by atoms with E-state index in [0.29, 0.717) is 24.2 Å². The molecule has 0 aliphatic carbocycles. The van der Waals surface area contributed by atoms with Crippen LogP contribution in [0.3, 0.4) is 0 Å². The summed E-state index contributed by atoms with van der Waals surface area (Å²) in [6, 6.07) is 0. The molecular weight excluding hydrogens is 236 g/mol. The zero-order valence-electron chi connectivity index (χ0n) is 7.68. The average molecular weight is 251 g/mol. The topological polar surface area (TPSA) is 68.3 Å². The number of rotatable bonds is 6. The highest BCUT2D eigenvalue weighted by Crippen LogP contribution is 2.02. The van der Waals surface area contributed by atoms with Crippen molar-refractivity contribution in [2.24, 2.45) is 5.73 Å². The summed E-state index contributed by atoms with van der Waals surface area (Å²) in [4.78, 5) is 0. The maximum absolute atomic E-state index is 7.37. The minimum Gasteiger partial charge on any atom is -0.488 e. The van der Waals surface area contributed by atoms with E-state index >= 15 is 0 Å². The van der Waals surface area contributed by atoms with E-state index in [1.165, 1.54) is 7.11 Å². The summed E-state index contributed by atoms with van der Waals surface area (Å²) in [6.07, 6.45) is 2.51. The Hall–Kier alpha value is -0.550. The quantitative estimate of drug-likeness (QED) is 0.245. The van der Waals surface area contributed by atoms with Gasteiger partial charge >= 0.3 is 0 Å². The van der Waals surface area contributed by atoms with Crippen LogP contribution in [0.25, 0.3) is 0 Å². The number of nitrogens with one attached hydrogen (secondary N) is 1. The normalized spacial score (nSPS) is 11.2. The van der Waals surface area contributed by atoms with Crippen molar-refractivity contribution < 1.29 is 9.47 Å². The van der Waals surface area contributed by atoms with Gasteiger partial charge in [-0.05, 0) is 19.0 Å². The van der Waals surface area contributed by atoms with Gasteiger partial charge in [0.05, 0.1) is 13.7 Å². The van der Waals surface area contributed by atoms with Crippen molar-refractivity contribution in [3.05, 3.63) is 11.8 Å². The van der Waals surface area contributed by atoms with Crippen molar-refractivity contribution in [2.75, 3.05) is 25.6 Å². The van der Waals surface area contributed by atoms with Gasteiger partial charge in [-0.1, -0.05) is 15.9 Å². The molecule has 0 aliphatic heterocycles. The molecule has 0 aromatic heterocycles. The SMILES string of the molecule is COC(=N)/C(=C\CBr)OCCCN. The molecule has 0 aromatic carbocycles. The molecule has 5 heteroatoms. The first kappa shape index (κ1) is 12.4. The number of nitrogens with two attached hydrogens (primary N) is 1. The van der Waals surface area contributed by atoms with Crippen LogP contribution in [0.4, 0.5) is 0 Å². The van der Waals surface area contributed by atoms with Gasteiger partial charge in [-0.15, -0.1) is 0 Å². The second-order valence-electron chi connectivity index (χ2n) is 2.25. The monoisotopic (exact) mass is 250 g/mol. The number of allylic oxidation sites excluding steroid dienone is 1. The van der Waals surface area contributed by atoms with Crippen LogP contribution in [-0.2, 0) is 9.47 Å². The lowest BCUT2D eigenvalue weighted by molar-refractivity contribution is 0.213. The largest absolute Gasteiger partial charge is 0.488 e. The molecule has 0 aliphatic rings. The first-order chi connectivity index (χ1) is 6.26. The molecule has 0 aromatic rings. The second kappa shape index (κ2) is 8.07. The van der Waals surface area contributed by atoms with E-state index in [2.05, 4.69) is 15.9 Å². The molecule has 0 bridgehead atoms. The van der Waals surface area contributed by atoms with Crippen molar-refractivity contribution in [1.29, 1.82) is 5.41 Å². The van der Waals surface area contributed by atoms with Crippen molar-refractivity contribution in [3.63, 3.8) is 0 Å². The van der Waals surface area contributed by atoms with Crippen LogP contribution in [0.5, 0.6) is 0 Å². The van der Waals surface area contributed by atoms with E-state index in [9.17, 15) is 0 Å². The van der Waals surface area contributed by atoms with E-state index in [1.807, 2.05) is 0 Å². The van der Waals surface area contributed by atoms with Gasteiger partial charge in [0.15, 0.2) is 5.76 Å². The fraction of sp³-hybridized carbons (Fsp3) is 0.625. The summed E-state index contributed by atoms with van der Waals surface area (Å²) in [6.45, 7) is 1.10. The molecule has 0 saturated heterocycles. The van der Waals surface area contributed by atoms with Gasteiger partial charge in [0, 0.05) is 5.33 Å². The van der Waals surface area contributed by atoms with E-state index in [4.69, 9.17) is 20.6 Å². The molecule has 13 heavy (non-hydrogen) atoms. The van der Waals surface area contributed by atoms with Gasteiger partial charge in [-0.3, -0.25) is 5.41 Å². The average Bonchev–Trinajstić information content (AvgIpc) is 2.16. The van der Waals surface area contributed by atoms with E-state index in [0.717, 1.165) is 6.42 Å². The smallest absolute Gasteiger partial charge is 0.248 e. The maximum Gasteiger partial charge on any atom is 0.248 e. The van der Waals surface area contributed by atoms with E-state index in [-0.39, 0.29) is 5.90 Å². The minimum absolute atomic E-state index is 0.0384. The third-order valence-corrected chi connectivity index (χ3v) is 1.62. The molecule has 0 unspecified atom stereocenters. The van der Waals surface area contributed by atoms with Crippen LogP contribution in [-0.4, -0.2) is 31.5 Å². The molecule has 4 nitrogen and oxygen atoms in total. The number of halogens is 1.